The van der Waals surface area contributed by atoms with Crippen molar-refractivity contribution in [2.75, 3.05) is 13.1 Å². The van der Waals surface area contributed by atoms with Crippen molar-refractivity contribution in [1.82, 2.24) is 9.88 Å². The molecular formula is C17H24ClN3O2. The molecule has 3 atom stereocenters. The van der Waals surface area contributed by atoms with Gasteiger partial charge in [-0.1, -0.05) is 0 Å². The molecule has 0 bridgehead atoms. The molecule has 3 unspecified atom stereocenters. The molecule has 0 radical (unpaired) electrons. The summed E-state index contributed by atoms with van der Waals surface area (Å²) in [5.41, 5.74) is 6.83. The lowest BCUT2D eigenvalue weighted by atomic mass is 9.96. The van der Waals surface area contributed by atoms with Crippen molar-refractivity contribution in [1.29, 1.82) is 0 Å². The van der Waals surface area contributed by atoms with Gasteiger partial charge >= 0.3 is 0 Å². The van der Waals surface area contributed by atoms with Gasteiger partial charge in [0.15, 0.2) is 0 Å². The van der Waals surface area contributed by atoms with E-state index in [-0.39, 0.29) is 30.5 Å². The highest BCUT2D eigenvalue weighted by Crippen LogP contribution is 2.37. The summed E-state index contributed by atoms with van der Waals surface area (Å²) < 4.78 is 5.79. The van der Waals surface area contributed by atoms with E-state index >= 15 is 0 Å². The number of fused-ring (bicyclic) bond motifs is 1. The maximum Gasteiger partial charge on any atom is 0.254 e. The third-order valence-electron chi connectivity index (χ3n) is 5.52. The molecular weight excluding hydrogens is 314 g/mol. The third-order valence-corrected chi connectivity index (χ3v) is 5.52. The molecule has 23 heavy (non-hydrogen) atoms. The van der Waals surface area contributed by atoms with E-state index in [0.29, 0.717) is 23.3 Å². The number of hydrogen-bond acceptors (Lipinski definition) is 4. The topological polar surface area (TPSA) is 68.5 Å². The number of ether oxygens (including phenoxy) is 1. The second-order valence-corrected chi connectivity index (χ2v) is 6.93. The third kappa shape index (κ3) is 3.17. The standard InChI is InChI=1S/C17H23N3O2.ClH/c18-15-5-4-12-9-20(10-14(12)15)17(21)11-6-7-19-16(8-11)22-13-2-1-3-13;/h6-8,12-15H,1-5,9-10,18H2;1H. The summed E-state index contributed by atoms with van der Waals surface area (Å²) >= 11 is 0. The first-order valence-electron chi connectivity index (χ1n) is 8.38. The number of carbonyl (C=O) groups excluding carboxylic acids is 1. The van der Waals surface area contributed by atoms with Crippen LogP contribution in [-0.2, 0) is 0 Å². The Morgan fingerprint density at radius 2 is 2.09 bits per heavy atom. The van der Waals surface area contributed by atoms with Gasteiger partial charge in [0.1, 0.15) is 6.10 Å². The Bertz CT molecular complexity index is 579. The quantitative estimate of drug-likeness (QED) is 0.918. The van der Waals surface area contributed by atoms with E-state index < -0.39 is 0 Å². The van der Waals surface area contributed by atoms with Crippen LogP contribution in [0.1, 0.15) is 42.5 Å². The van der Waals surface area contributed by atoms with Gasteiger partial charge in [-0.25, -0.2) is 4.98 Å². The van der Waals surface area contributed by atoms with Crippen molar-refractivity contribution in [3.8, 4) is 5.88 Å². The van der Waals surface area contributed by atoms with E-state index in [1.165, 1.54) is 6.42 Å². The predicted molar refractivity (Wildman–Crippen MR) is 89.8 cm³/mol. The number of likely N-dealkylation sites (tertiary alicyclic amines) is 1. The minimum absolute atomic E-state index is 0. The van der Waals surface area contributed by atoms with Gasteiger partial charge in [-0.2, -0.15) is 0 Å². The molecule has 0 aromatic carbocycles. The van der Waals surface area contributed by atoms with Crippen LogP contribution in [0.25, 0.3) is 0 Å². The fraction of sp³-hybridized carbons (Fsp3) is 0.647. The van der Waals surface area contributed by atoms with Gasteiger partial charge in [0.2, 0.25) is 5.88 Å². The van der Waals surface area contributed by atoms with E-state index in [1.807, 2.05) is 4.90 Å². The SMILES string of the molecule is Cl.NC1CCC2CN(C(=O)c3ccnc(OC4CCC4)c3)CC12. The molecule has 126 valence electrons. The number of hydrogen-bond donors (Lipinski definition) is 1. The molecule has 6 heteroatoms. The molecule has 1 aliphatic heterocycles. The summed E-state index contributed by atoms with van der Waals surface area (Å²) in [4.78, 5) is 18.9. The molecule has 3 fully saturated rings. The minimum atomic E-state index is 0. The number of aromatic nitrogens is 1. The Morgan fingerprint density at radius 3 is 2.78 bits per heavy atom. The van der Waals surface area contributed by atoms with Crippen molar-refractivity contribution >= 4 is 18.3 Å². The second kappa shape index (κ2) is 6.65. The lowest BCUT2D eigenvalue weighted by Crippen LogP contribution is -2.33. The smallest absolute Gasteiger partial charge is 0.254 e. The van der Waals surface area contributed by atoms with Crippen LogP contribution in [0.15, 0.2) is 18.3 Å². The van der Waals surface area contributed by atoms with Gasteiger partial charge < -0.3 is 15.4 Å². The van der Waals surface area contributed by atoms with E-state index in [4.69, 9.17) is 10.5 Å². The van der Waals surface area contributed by atoms with Gasteiger partial charge in [-0.3, -0.25) is 4.79 Å². The van der Waals surface area contributed by atoms with Gasteiger partial charge in [0.05, 0.1) is 0 Å². The molecule has 1 aromatic rings. The van der Waals surface area contributed by atoms with Crippen LogP contribution in [0.5, 0.6) is 5.88 Å². The maximum absolute atomic E-state index is 12.7. The molecule has 0 spiro atoms. The first kappa shape index (κ1) is 16.5. The lowest BCUT2D eigenvalue weighted by Gasteiger charge is -2.26. The van der Waals surface area contributed by atoms with Crippen molar-refractivity contribution in [3.05, 3.63) is 23.9 Å². The maximum atomic E-state index is 12.7. The highest BCUT2D eigenvalue weighted by atomic mass is 35.5. The van der Waals surface area contributed by atoms with Crippen LogP contribution in [-0.4, -0.2) is 41.0 Å². The number of nitrogens with zero attached hydrogens (tertiary/aromatic N) is 2. The Labute approximate surface area is 143 Å². The molecule has 2 N–H and O–H groups in total. The van der Waals surface area contributed by atoms with Crippen LogP contribution in [0.3, 0.4) is 0 Å². The zero-order chi connectivity index (χ0) is 15.1. The summed E-state index contributed by atoms with van der Waals surface area (Å²) in [5.74, 6) is 1.73. The van der Waals surface area contributed by atoms with Crippen molar-refractivity contribution in [2.45, 2.75) is 44.2 Å². The number of pyridine rings is 1. The molecule has 1 amide bonds. The monoisotopic (exact) mass is 337 g/mol. The van der Waals surface area contributed by atoms with Gasteiger partial charge in [0, 0.05) is 37.0 Å². The number of nitrogens with two attached hydrogens (primary N) is 1. The summed E-state index contributed by atoms with van der Waals surface area (Å²) in [6.07, 6.45) is 7.61. The molecule has 4 rings (SSSR count). The molecule has 1 aromatic heterocycles. The van der Waals surface area contributed by atoms with Crippen LogP contribution < -0.4 is 10.5 Å². The fourth-order valence-electron chi connectivity index (χ4n) is 3.92. The highest BCUT2D eigenvalue weighted by molar-refractivity contribution is 5.94. The number of rotatable bonds is 3. The Morgan fingerprint density at radius 1 is 1.26 bits per heavy atom. The summed E-state index contributed by atoms with van der Waals surface area (Å²) in [6.45, 7) is 1.64. The molecule has 2 saturated carbocycles. The van der Waals surface area contributed by atoms with Gasteiger partial charge in [-0.15, -0.1) is 12.4 Å². The Kier molecular flexibility index (Phi) is 4.78. The molecule has 3 aliphatic rings. The van der Waals surface area contributed by atoms with E-state index in [2.05, 4.69) is 4.98 Å². The van der Waals surface area contributed by atoms with Crippen molar-refractivity contribution < 1.29 is 9.53 Å². The van der Waals surface area contributed by atoms with E-state index in [9.17, 15) is 4.79 Å². The highest BCUT2D eigenvalue weighted by Gasteiger charge is 2.42. The van der Waals surface area contributed by atoms with Gasteiger partial charge in [-0.05, 0) is 50.0 Å². The largest absolute Gasteiger partial charge is 0.474 e. The molecule has 2 heterocycles. The summed E-state index contributed by atoms with van der Waals surface area (Å²) in [5, 5.41) is 0. The fourth-order valence-corrected chi connectivity index (χ4v) is 3.92. The predicted octanol–water partition coefficient (Wildman–Crippen LogP) is 2.24. The number of carbonyl (C=O) groups is 1. The summed E-state index contributed by atoms with van der Waals surface area (Å²) in [6, 6.07) is 3.83. The normalized spacial score (nSPS) is 29.6. The summed E-state index contributed by atoms with van der Waals surface area (Å²) in [7, 11) is 0. The number of halogens is 1. The first-order valence-corrected chi connectivity index (χ1v) is 8.38. The van der Waals surface area contributed by atoms with Crippen LogP contribution in [0.2, 0.25) is 0 Å². The molecule has 1 saturated heterocycles. The Hall–Kier alpha value is -1.33. The lowest BCUT2D eigenvalue weighted by molar-refractivity contribution is 0.0776. The van der Waals surface area contributed by atoms with Crippen molar-refractivity contribution in [3.63, 3.8) is 0 Å². The minimum Gasteiger partial charge on any atom is -0.474 e. The van der Waals surface area contributed by atoms with Crippen LogP contribution in [0, 0.1) is 11.8 Å². The average molecular weight is 338 g/mol. The van der Waals surface area contributed by atoms with Crippen LogP contribution >= 0.6 is 12.4 Å². The zero-order valence-electron chi connectivity index (χ0n) is 13.2. The number of amides is 1. The average Bonchev–Trinajstić information content (AvgIpc) is 3.05. The van der Waals surface area contributed by atoms with E-state index in [1.54, 1.807) is 18.3 Å². The van der Waals surface area contributed by atoms with E-state index in [0.717, 1.165) is 38.8 Å². The zero-order valence-corrected chi connectivity index (χ0v) is 14.0. The van der Waals surface area contributed by atoms with Crippen LogP contribution in [0.4, 0.5) is 0 Å². The second-order valence-electron chi connectivity index (χ2n) is 6.93. The van der Waals surface area contributed by atoms with Gasteiger partial charge in [0.25, 0.3) is 5.91 Å². The molecule has 5 nitrogen and oxygen atoms in total. The van der Waals surface area contributed by atoms with Crippen molar-refractivity contribution in [2.24, 2.45) is 17.6 Å². The molecule has 2 aliphatic carbocycles. The first-order chi connectivity index (χ1) is 10.7. The Balaban J connectivity index is 0.00000156.